The second-order valence-corrected chi connectivity index (χ2v) is 4.74. The van der Waals surface area contributed by atoms with Crippen molar-refractivity contribution in [3.63, 3.8) is 0 Å². The van der Waals surface area contributed by atoms with Crippen LogP contribution in [0.3, 0.4) is 0 Å². The molecule has 6 nitrogen and oxygen atoms in total. The molecule has 0 spiro atoms. The summed E-state index contributed by atoms with van der Waals surface area (Å²) in [6, 6.07) is 6.44. The molecule has 0 saturated heterocycles. The van der Waals surface area contributed by atoms with Gasteiger partial charge in [0.05, 0.1) is 6.61 Å². The zero-order chi connectivity index (χ0) is 13.8. The molecule has 1 unspecified atom stereocenters. The Hall–Kier alpha value is -1.70. The van der Waals surface area contributed by atoms with Crippen molar-refractivity contribution in [2.75, 3.05) is 11.9 Å². The van der Waals surface area contributed by atoms with E-state index in [4.69, 9.17) is 15.3 Å². The van der Waals surface area contributed by atoms with Crippen LogP contribution in [0.1, 0.15) is 22.4 Å². The third kappa shape index (κ3) is 3.40. The fourth-order valence-corrected chi connectivity index (χ4v) is 1.80. The summed E-state index contributed by atoms with van der Waals surface area (Å²) in [5.74, 6) is -0.278. The van der Waals surface area contributed by atoms with Crippen LogP contribution in [0.4, 0.5) is 5.69 Å². The first kappa shape index (κ1) is 13.7. The highest BCUT2D eigenvalue weighted by atomic mass is 79.9. The number of amides is 1. The molecule has 0 saturated carbocycles. The van der Waals surface area contributed by atoms with Crippen LogP contribution in [-0.2, 0) is 0 Å². The third-order valence-corrected chi connectivity index (χ3v) is 2.84. The van der Waals surface area contributed by atoms with Crippen LogP contribution in [0.5, 0.6) is 0 Å². The average molecular weight is 326 g/mol. The lowest BCUT2D eigenvalue weighted by atomic mass is 10.3. The molecule has 0 radical (unpaired) electrons. The predicted octanol–water partition coefficient (Wildman–Crippen LogP) is 1.68. The molecule has 1 amide bonds. The van der Waals surface area contributed by atoms with Crippen LogP contribution in [0.15, 0.2) is 39.4 Å². The van der Waals surface area contributed by atoms with Crippen molar-refractivity contribution in [2.45, 2.75) is 6.04 Å². The fraction of sp³-hybridized carbons (Fsp3) is 0.167. The Kier molecular flexibility index (Phi) is 4.31. The van der Waals surface area contributed by atoms with Crippen LogP contribution in [0.25, 0.3) is 0 Å². The van der Waals surface area contributed by atoms with Crippen molar-refractivity contribution in [3.05, 3.63) is 46.6 Å². The number of aromatic nitrogens is 1. The molecule has 1 aromatic heterocycles. The lowest BCUT2D eigenvalue weighted by Crippen LogP contribution is -2.16. The topological polar surface area (TPSA) is 101 Å². The van der Waals surface area contributed by atoms with Gasteiger partial charge in [-0.3, -0.25) is 4.79 Å². The van der Waals surface area contributed by atoms with Crippen molar-refractivity contribution >= 4 is 27.5 Å². The molecule has 1 heterocycles. The molecular formula is C12H12BrN3O3. The molecule has 7 heteroatoms. The minimum absolute atomic E-state index is 0.110. The standard InChI is InChI=1S/C12H12BrN3O3/c13-7-2-1-3-8(4-7)15-11(18)10-6-19-12(16-10)9(14)5-17/h1-4,6,9,17H,5,14H2,(H,15,18). The SMILES string of the molecule is NC(CO)c1nc(C(=O)Nc2cccc(Br)c2)co1. The third-order valence-electron chi connectivity index (χ3n) is 2.35. The number of oxazole rings is 1. The van der Waals surface area contributed by atoms with E-state index in [9.17, 15) is 4.79 Å². The Labute approximate surface area is 117 Å². The fourth-order valence-electron chi connectivity index (χ4n) is 1.40. The van der Waals surface area contributed by atoms with Gasteiger partial charge in [0.1, 0.15) is 12.3 Å². The van der Waals surface area contributed by atoms with E-state index in [-0.39, 0.29) is 18.2 Å². The number of anilines is 1. The number of rotatable bonds is 4. The first-order valence-electron chi connectivity index (χ1n) is 5.49. The van der Waals surface area contributed by atoms with E-state index >= 15 is 0 Å². The van der Waals surface area contributed by atoms with E-state index in [1.807, 2.05) is 6.07 Å². The van der Waals surface area contributed by atoms with Crippen molar-refractivity contribution < 1.29 is 14.3 Å². The number of nitrogens with two attached hydrogens (primary N) is 1. The molecule has 1 atom stereocenters. The lowest BCUT2D eigenvalue weighted by Gasteiger charge is -2.03. The van der Waals surface area contributed by atoms with Crippen molar-refractivity contribution in [2.24, 2.45) is 5.73 Å². The Bertz CT molecular complexity index is 585. The number of hydrogen-bond donors (Lipinski definition) is 3. The van der Waals surface area contributed by atoms with Gasteiger partial charge in [-0.15, -0.1) is 0 Å². The van der Waals surface area contributed by atoms with Gasteiger partial charge in [0.15, 0.2) is 5.69 Å². The molecule has 100 valence electrons. The minimum Gasteiger partial charge on any atom is -0.446 e. The highest BCUT2D eigenvalue weighted by molar-refractivity contribution is 9.10. The second-order valence-electron chi connectivity index (χ2n) is 3.82. The van der Waals surface area contributed by atoms with E-state index in [0.717, 1.165) is 4.47 Å². The maximum absolute atomic E-state index is 11.9. The van der Waals surface area contributed by atoms with Crippen molar-refractivity contribution in [1.29, 1.82) is 0 Å². The Morgan fingerprint density at radius 2 is 2.37 bits per heavy atom. The number of carbonyl (C=O) groups excluding carboxylic acids is 1. The smallest absolute Gasteiger partial charge is 0.277 e. The van der Waals surface area contributed by atoms with Gasteiger partial charge in [-0.1, -0.05) is 22.0 Å². The number of benzene rings is 1. The predicted molar refractivity (Wildman–Crippen MR) is 72.6 cm³/mol. The molecule has 2 aromatic rings. The quantitative estimate of drug-likeness (QED) is 0.793. The van der Waals surface area contributed by atoms with Gasteiger partial charge in [-0.2, -0.15) is 0 Å². The number of aliphatic hydroxyl groups excluding tert-OH is 1. The summed E-state index contributed by atoms with van der Waals surface area (Å²) in [6.07, 6.45) is 1.21. The molecule has 1 aromatic carbocycles. The molecular weight excluding hydrogens is 314 g/mol. The van der Waals surface area contributed by atoms with Crippen LogP contribution in [-0.4, -0.2) is 22.6 Å². The number of hydrogen-bond acceptors (Lipinski definition) is 5. The summed E-state index contributed by atoms with van der Waals surface area (Å²) in [5, 5.41) is 11.5. The number of nitrogens with zero attached hydrogens (tertiary/aromatic N) is 1. The molecule has 0 bridgehead atoms. The van der Waals surface area contributed by atoms with Gasteiger partial charge in [0.2, 0.25) is 5.89 Å². The van der Waals surface area contributed by atoms with Crippen molar-refractivity contribution in [3.8, 4) is 0 Å². The van der Waals surface area contributed by atoms with Gasteiger partial charge < -0.3 is 20.6 Å². The summed E-state index contributed by atoms with van der Waals surface area (Å²) in [5.41, 5.74) is 6.28. The second kappa shape index (κ2) is 5.96. The lowest BCUT2D eigenvalue weighted by molar-refractivity contribution is 0.102. The Balaban J connectivity index is 2.10. The van der Waals surface area contributed by atoms with Crippen LogP contribution in [0.2, 0.25) is 0 Å². The van der Waals surface area contributed by atoms with E-state index < -0.39 is 11.9 Å². The van der Waals surface area contributed by atoms with Gasteiger partial charge in [0, 0.05) is 10.2 Å². The van der Waals surface area contributed by atoms with Crippen LogP contribution in [0, 0.1) is 0 Å². The van der Waals surface area contributed by atoms with Gasteiger partial charge in [-0.25, -0.2) is 4.98 Å². The van der Waals surface area contributed by atoms with Crippen molar-refractivity contribution in [1.82, 2.24) is 4.98 Å². The molecule has 0 aliphatic carbocycles. The van der Waals surface area contributed by atoms with E-state index in [2.05, 4.69) is 26.2 Å². The molecule has 0 aliphatic rings. The number of halogens is 1. The Morgan fingerprint density at radius 3 is 3.05 bits per heavy atom. The molecule has 0 aliphatic heterocycles. The average Bonchev–Trinajstić information content (AvgIpc) is 2.87. The van der Waals surface area contributed by atoms with Gasteiger partial charge in [0.25, 0.3) is 5.91 Å². The maximum atomic E-state index is 11.9. The summed E-state index contributed by atoms with van der Waals surface area (Å²) < 4.78 is 5.89. The summed E-state index contributed by atoms with van der Waals surface area (Å²) in [6.45, 7) is -0.298. The molecule has 19 heavy (non-hydrogen) atoms. The number of aliphatic hydroxyl groups is 1. The normalized spacial score (nSPS) is 12.2. The molecule has 2 rings (SSSR count). The van der Waals surface area contributed by atoms with Crippen LogP contribution < -0.4 is 11.1 Å². The minimum atomic E-state index is -0.729. The largest absolute Gasteiger partial charge is 0.446 e. The zero-order valence-corrected chi connectivity index (χ0v) is 11.4. The number of nitrogens with one attached hydrogen (secondary N) is 1. The summed E-state index contributed by atoms with van der Waals surface area (Å²) >= 11 is 3.31. The van der Waals surface area contributed by atoms with E-state index in [1.54, 1.807) is 18.2 Å². The van der Waals surface area contributed by atoms with E-state index in [1.165, 1.54) is 6.26 Å². The van der Waals surface area contributed by atoms with E-state index in [0.29, 0.717) is 5.69 Å². The first-order chi connectivity index (χ1) is 9.10. The molecule has 4 N–H and O–H groups in total. The highest BCUT2D eigenvalue weighted by Gasteiger charge is 2.16. The molecule has 0 fully saturated rings. The van der Waals surface area contributed by atoms with Gasteiger partial charge in [-0.05, 0) is 18.2 Å². The maximum Gasteiger partial charge on any atom is 0.277 e. The van der Waals surface area contributed by atoms with Crippen LogP contribution >= 0.6 is 15.9 Å². The monoisotopic (exact) mass is 325 g/mol. The highest BCUT2D eigenvalue weighted by Crippen LogP contribution is 2.17. The number of carbonyl (C=O) groups is 1. The summed E-state index contributed by atoms with van der Waals surface area (Å²) in [4.78, 5) is 15.8. The zero-order valence-electron chi connectivity index (χ0n) is 9.84. The summed E-state index contributed by atoms with van der Waals surface area (Å²) in [7, 11) is 0. The Morgan fingerprint density at radius 1 is 1.58 bits per heavy atom. The van der Waals surface area contributed by atoms with Gasteiger partial charge >= 0.3 is 0 Å². The first-order valence-corrected chi connectivity index (χ1v) is 6.28.